The predicted octanol–water partition coefficient (Wildman–Crippen LogP) is 3.24. The maximum Gasteiger partial charge on any atom is 0.213 e. The zero-order valence-corrected chi connectivity index (χ0v) is 12.7. The van der Waals surface area contributed by atoms with E-state index in [-0.39, 0.29) is 0 Å². The highest BCUT2D eigenvalue weighted by Crippen LogP contribution is 2.13. The lowest BCUT2D eigenvalue weighted by Gasteiger charge is -2.07. The molecule has 0 spiro atoms. The van der Waals surface area contributed by atoms with Gasteiger partial charge in [-0.2, -0.15) is 0 Å². The summed E-state index contributed by atoms with van der Waals surface area (Å²) in [4.78, 5) is 4.35. The van der Waals surface area contributed by atoms with Crippen LogP contribution in [-0.2, 0) is 22.3 Å². The molecule has 20 heavy (non-hydrogen) atoms. The molecule has 0 unspecified atom stereocenters. The summed E-state index contributed by atoms with van der Waals surface area (Å²) in [7, 11) is -0.963. The monoisotopic (exact) mass is 289 g/mol. The molecule has 0 fully saturated rings. The van der Waals surface area contributed by atoms with E-state index in [9.17, 15) is 4.21 Å². The first-order valence-corrected chi connectivity index (χ1v) is 8.16. The summed E-state index contributed by atoms with van der Waals surface area (Å²) in [6, 6.07) is 13.6. The van der Waals surface area contributed by atoms with Gasteiger partial charge in [0, 0.05) is 22.6 Å². The highest BCUT2D eigenvalue weighted by Gasteiger charge is 2.07. The molecule has 2 rings (SSSR count). The first kappa shape index (κ1) is 14.7. The Morgan fingerprint density at radius 3 is 2.65 bits per heavy atom. The molecule has 0 aliphatic heterocycles. The maximum atomic E-state index is 12.2. The average molecular weight is 289 g/mol. The van der Waals surface area contributed by atoms with Crippen molar-refractivity contribution in [2.24, 2.45) is 0 Å². The van der Waals surface area contributed by atoms with E-state index in [2.05, 4.69) is 4.98 Å². The van der Waals surface area contributed by atoms with Crippen LogP contribution in [0.4, 0.5) is 0 Å². The molecule has 1 aromatic heterocycles. The van der Waals surface area contributed by atoms with Crippen LogP contribution in [0.15, 0.2) is 42.5 Å². The van der Waals surface area contributed by atoms with E-state index in [1.807, 2.05) is 56.3 Å². The minimum atomic E-state index is -0.963. The molecule has 106 valence electrons. The van der Waals surface area contributed by atoms with Gasteiger partial charge in [-0.3, -0.25) is 4.21 Å². The fraction of sp³-hybridized carbons (Fsp3) is 0.312. The molecule has 1 atom stereocenters. The number of pyridine rings is 1. The number of benzene rings is 1. The Bertz CT molecular complexity index is 599. The molecule has 0 saturated carbocycles. The molecule has 1 aromatic carbocycles. The molecule has 0 amide bonds. The lowest BCUT2D eigenvalue weighted by atomic mass is 10.1. The van der Waals surface area contributed by atoms with Crippen molar-refractivity contribution in [1.29, 1.82) is 0 Å². The molecule has 3 nitrogen and oxygen atoms in total. The summed E-state index contributed by atoms with van der Waals surface area (Å²) in [5.74, 6) is 1.61. The Labute approximate surface area is 122 Å². The molecule has 0 N–H and O–H groups in total. The van der Waals surface area contributed by atoms with Crippen LogP contribution in [-0.4, -0.2) is 15.8 Å². The highest BCUT2D eigenvalue weighted by molar-refractivity contribution is 7.83. The molecule has 0 aliphatic carbocycles. The van der Waals surface area contributed by atoms with Crippen molar-refractivity contribution >= 4 is 10.8 Å². The van der Waals surface area contributed by atoms with Gasteiger partial charge >= 0.3 is 0 Å². The third-order valence-electron chi connectivity index (χ3n) is 2.96. The second-order valence-electron chi connectivity index (χ2n) is 4.56. The second kappa shape index (κ2) is 7.20. The summed E-state index contributed by atoms with van der Waals surface area (Å²) in [6.07, 6.45) is 0. The molecule has 0 aliphatic rings. The zero-order valence-electron chi connectivity index (χ0n) is 11.8. The number of hydrogen-bond donors (Lipinski definition) is 0. The van der Waals surface area contributed by atoms with Gasteiger partial charge in [-0.25, -0.2) is 4.98 Å². The van der Waals surface area contributed by atoms with Gasteiger partial charge in [-0.1, -0.05) is 30.3 Å². The summed E-state index contributed by atoms with van der Waals surface area (Å²) >= 11 is 0. The summed E-state index contributed by atoms with van der Waals surface area (Å²) in [5.41, 5.74) is 3.12. The molecular weight excluding hydrogens is 270 g/mol. The normalized spacial score (nSPS) is 12.1. The minimum absolute atomic E-state index is 0.454. The van der Waals surface area contributed by atoms with Gasteiger partial charge in [0.25, 0.3) is 0 Å². The van der Waals surface area contributed by atoms with Crippen molar-refractivity contribution in [2.75, 3.05) is 6.61 Å². The quantitative estimate of drug-likeness (QED) is 0.819. The molecule has 0 saturated heterocycles. The Balaban J connectivity index is 2.01. The number of aromatic nitrogens is 1. The number of hydrogen-bond acceptors (Lipinski definition) is 3. The first-order valence-electron chi connectivity index (χ1n) is 6.67. The van der Waals surface area contributed by atoms with E-state index in [1.165, 1.54) is 5.56 Å². The van der Waals surface area contributed by atoms with Crippen LogP contribution in [0.25, 0.3) is 0 Å². The minimum Gasteiger partial charge on any atom is -0.478 e. The van der Waals surface area contributed by atoms with Crippen molar-refractivity contribution in [3.63, 3.8) is 0 Å². The Morgan fingerprint density at radius 1 is 1.10 bits per heavy atom. The van der Waals surface area contributed by atoms with Crippen molar-refractivity contribution < 1.29 is 8.95 Å². The third kappa shape index (κ3) is 4.17. The van der Waals surface area contributed by atoms with E-state index >= 15 is 0 Å². The van der Waals surface area contributed by atoms with Crippen molar-refractivity contribution in [3.05, 3.63) is 59.3 Å². The SMILES string of the molecule is CCOc1cccc(C[S@](=O)Cc2ccccc2C)n1. The van der Waals surface area contributed by atoms with E-state index < -0.39 is 10.8 Å². The van der Waals surface area contributed by atoms with Gasteiger partial charge in [0.2, 0.25) is 5.88 Å². The zero-order chi connectivity index (χ0) is 14.4. The molecular formula is C16H19NO2S. The number of ether oxygens (including phenoxy) is 1. The van der Waals surface area contributed by atoms with Crippen LogP contribution < -0.4 is 4.74 Å². The predicted molar refractivity (Wildman–Crippen MR) is 82.1 cm³/mol. The topological polar surface area (TPSA) is 39.2 Å². The number of rotatable bonds is 6. The Kier molecular flexibility index (Phi) is 5.30. The van der Waals surface area contributed by atoms with Crippen LogP contribution >= 0.6 is 0 Å². The number of nitrogens with zero attached hydrogens (tertiary/aromatic N) is 1. The van der Waals surface area contributed by atoms with Crippen LogP contribution in [0.2, 0.25) is 0 Å². The van der Waals surface area contributed by atoms with E-state index in [4.69, 9.17) is 4.74 Å². The standard InChI is InChI=1S/C16H19NO2S/c1-3-19-16-10-6-9-15(17-16)12-20(18)11-14-8-5-4-7-13(14)2/h4-10H,3,11-12H2,1-2H3/t20-/m1/s1. The largest absolute Gasteiger partial charge is 0.478 e. The Hall–Kier alpha value is -1.68. The summed E-state index contributed by atoms with van der Waals surface area (Å²) < 4.78 is 17.6. The maximum absolute atomic E-state index is 12.2. The molecule has 0 bridgehead atoms. The van der Waals surface area contributed by atoms with E-state index in [0.29, 0.717) is 24.0 Å². The van der Waals surface area contributed by atoms with Gasteiger partial charge in [0.1, 0.15) is 0 Å². The fourth-order valence-corrected chi connectivity index (χ4v) is 3.19. The van der Waals surface area contributed by atoms with Crippen LogP contribution in [0, 0.1) is 6.92 Å². The lowest BCUT2D eigenvalue weighted by molar-refractivity contribution is 0.326. The summed E-state index contributed by atoms with van der Waals surface area (Å²) in [5, 5.41) is 0. The molecule has 2 aromatic rings. The van der Waals surface area contributed by atoms with Crippen molar-refractivity contribution in [2.45, 2.75) is 25.4 Å². The van der Waals surface area contributed by atoms with Gasteiger partial charge in [-0.15, -0.1) is 0 Å². The third-order valence-corrected chi connectivity index (χ3v) is 4.21. The van der Waals surface area contributed by atoms with Gasteiger partial charge in [0.15, 0.2) is 0 Å². The van der Waals surface area contributed by atoms with Crippen molar-refractivity contribution in [1.82, 2.24) is 4.98 Å². The van der Waals surface area contributed by atoms with Crippen LogP contribution in [0.5, 0.6) is 5.88 Å². The summed E-state index contributed by atoms with van der Waals surface area (Å²) in [6.45, 7) is 4.55. The van der Waals surface area contributed by atoms with Gasteiger partial charge < -0.3 is 4.74 Å². The molecule has 0 radical (unpaired) electrons. The first-order chi connectivity index (χ1) is 9.69. The molecule has 4 heteroatoms. The van der Waals surface area contributed by atoms with Crippen molar-refractivity contribution in [3.8, 4) is 5.88 Å². The molecule has 1 heterocycles. The fourth-order valence-electron chi connectivity index (χ4n) is 1.93. The highest BCUT2D eigenvalue weighted by atomic mass is 32.2. The smallest absolute Gasteiger partial charge is 0.213 e. The second-order valence-corrected chi connectivity index (χ2v) is 6.01. The van der Waals surface area contributed by atoms with E-state index in [1.54, 1.807) is 0 Å². The van der Waals surface area contributed by atoms with Gasteiger partial charge in [-0.05, 0) is 31.0 Å². The number of aryl methyl sites for hydroxylation is 1. The van der Waals surface area contributed by atoms with Crippen LogP contribution in [0.1, 0.15) is 23.7 Å². The lowest BCUT2D eigenvalue weighted by Crippen LogP contribution is -2.03. The van der Waals surface area contributed by atoms with Gasteiger partial charge in [0.05, 0.1) is 18.1 Å². The Morgan fingerprint density at radius 2 is 1.90 bits per heavy atom. The van der Waals surface area contributed by atoms with E-state index in [0.717, 1.165) is 11.3 Å². The van der Waals surface area contributed by atoms with Crippen LogP contribution in [0.3, 0.4) is 0 Å². The average Bonchev–Trinajstić information content (AvgIpc) is 2.42.